The minimum Gasteiger partial charge on any atom is -0.330 e. The van der Waals surface area contributed by atoms with Crippen LogP contribution in [0, 0.1) is 5.41 Å². The van der Waals surface area contributed by atoms with Gasteiger partial charge in [-0.25, -0.2) is 0 Å². The number of hydrogen-bond acceptors (Lipinski definition) is 1. The summed E-state index contributed by atoms with van der Waals surface area (Å²) in [6.45, 7) is 7.79. The Morgan fingerprint density at radius 1 is 1.22 bits per heavy atom. The molecule has 1 aliphatic carbocycles. The van der Waals surface area contributed by atoms with Crippen LogP contribution in [0.25, 0.3) is 0 Å². The standard InChI is InChI=1S/C17H27N/c1-13(12-18)15-6-4-5-7-16(15)14-8-10-17(2,3)11-9-14/h4-7,13-14H,8-12,18H2,1-3H3. The highest BCUT2D eigenvalue weighted by Gasteiger charge is 2.28. The molecule has 0 spiro atoms. The van der Waals surface area contributed by atoms with Crippen LogP contribution in [0.5, 0.6) is 0 Å². The van der Waals surface area contributed by atoms with Crippen LogP contribution in [0.4, 0.5) is 0 Å². The second-order valence-electron chi connectivity index (χ2n) is 6.70. The number of benzene rings is 1. The highest BCUT2D eigenvalue weighted by Crippen LogP contribution is 2.43. The normalized spacial score (nSPS) is 21.8. The van der Waals surface area contributed by atoms with E-state index < -0.39 is 0 Å². The van der Waals surface area contributed by atoms with Gasteiger partial charge in [-0.05, 0) is 60.6 Å². The zero-order valence-corrected chi connectivity index (χ0v) is 12.1. The Balaban J connectivity index is 2.19. The number of rotatable bonds is 3. The summed E-state index contributed by atoms with van der Waals surface area (Å²) in [6.07, 6.45) is 5.37. The van der Waals surface area contributed by atoms with Gasteiger partial charge in [-0.15, -0.1) is 0 Å². The van der Waals surface area contributed by atoms with Gasteiger partial charge in [0.05, 0.1) is 0 Å². The van der Waals surface area contributed by atoms with E-state index in [0.29, 0.717) is 11.3 Å². The summed E-state index contributed by atoms with van der Waals surface area (Å²) in [4.78, 5) is 0. The highest BCUT2D eigenvalue weighted by molar-refractivity contribution is 5.33. The van der Waals surface area contributed by atoms with Crippen molar-refractivity contribution in [2.24, 2.45) is 11.1 Å². The first-order valence-electron chi connectivity index (χ1n) is 7.32. The molecule has 1 atom stereocenters. The van der Waals surface area contributed by atoms with Crippen molar-refractivity contribution in [1.29, 1.82) is 0 Å². The third-order valence-corrected chi connectivity index (χ3v) is 4.66. The van der Waals surface area contributed by atoms with Crippen LogP contribution < -0.4 is 5.73 Å². The minimum atomic E-state index is 0.483. The van der Waals surface area contributed by atoms with Crippen molar-refractivity contribution in [2.75, 3.05) is 6.54 Å². The molecule has 18 heavy (non-hydrogen) atoms. The maximum Gasteiger partial charge on any atom is -0.00108 e. The van der Waals surface area contributed by atoms with Gasteiger partial charge in [-0.2, -0.15) is 0 Å². The van der Waals surface area contributed by atoms with Gasteiger partial charge in [-0.3, -0.25) is 0 Å². The fraction of sp³-hybridized carbons (Fsp3) is 0.647. The zero-order chi connectivity index (χ0) is 13.2. The molecule has 0 radical (unpaired) electrons. The summed E-state index contributed by atoms with van der Waals surface area (Å²) in [5.41, 5.74) is 9.43. The first-order valence-corrected chi connectivity index (χ1v) is 7.32. The summed E-state index contributed by atoms with van der Waals surface area (Å²) < 4.78 is 0. The lowest BCUT2D eigenvalue weighted by Gasteiger charge is -2.35. The van der Waals surface area contributed by atoms with E-state index in [1.807, 2.05) is 0 Å². The molecule has 0 aromatic heterocycles. The van der Waals surface area contributed by atoms with Gasteiger partial charge in [0.2, 0.25) is 0 Å². The van der Waals surface area contributed by atoms with Crippen molar-refractivity contribution in [3.8, 4) is 0 Å². The van der Waals surface area contributed by atoms with Crippen LogP contribution >= 0.6 is 0 Å². The molecule has 1 fully saturated rings. The van der Waals surface area contributed by atoms with Crippen LogP contribution in [0.1, 0.15) is 69.4 Å². The molecule has 1 unspecified atom stereocenters. The molecular formula is C17H27N. The SMILES string of the molecule is CC(CN)c1ccccc1C1CCC(C)(C)CC1. The fourth-order valence-electron chi connectivity index (χ4n) is 3.17. The molecule has 0 aliphatic heterocycles. The molecule has 2 rings (SSSR count). The lowest BCUT2D eigenvalue weighted by Crippen LogP contribution is -2.21. The van der Waals surface area contributed by atoms with E-state index in [4.69, 9.17) is 5.73 Å². The third-order valence-electron chi connectivity index (χ3n) is 4.66. The van der Waals surface area contributed by atoms with Crippen molar-refractivity contribution in [2.45, 2.75) is 58.3 Å². The predicted molar refractivity (Wildman–Crippen MR) is 78.9 cm³/mol. The van der Waals surface area contributed by atoms with E-state index >= 15 is 0 Å². The first-order chi connectivity index (χ1) is 8.53. The Kier molecular flexibility index (Phi) is 4.11. The highest BCUT2D eigenvalue weighted by atomic mass is 14.5. The summed E-state index contributed by atoms with van der Waals surface area (Å²) in [6, 6.07) is 8.93. The molecule has 0 amide bonds. The van der Waals surface area contributed by atoms with Crippen molar-refractivity contribution in [3.63, 3.8) is 0 Å². The van der Waals surface area contributed by atoms with Gasteiger partial charge in [0.1, 0.15) is 0 Å². The second kappa shape index (κ2) is 5.44. The van der Waals surface area contributed by atoms with E-state index in [1.54, 1.807) is 5.56 Å². The maximum atomic E-state index is 5.85. The molecule has 2 N–H and O–H groups in total. The van der Waals surface area contributed by atoms with Crippen molar-refractivity contribution < 1.29 is 0 Å². The number of nitrogens with two attached hydrogens (primary N) is 1. The molecule has 0 saturated heterocycles. The largest absolute Gasteiger partial charge is 0.330 e. The molecule has 1 heteroatoms. The van der Waals surface area contributed by atoms with Crippen molar-refractivity contribution >= 4 is 0 Å². The van der Waals surface area contributed by atoms with Crippen molar-refractivity contribution in [1.82, 2.24) is 0 Å². The molecule has 0 heterocycles. The van der Waals surface area contributed by atoms with Crippen LogP contribution in [0.2, 0.25) is 0 Å². The molecule has 1 saturated carbocycles. The Labute approximate surface area is 112 Å². The van der Waals surface area contributed by atoms with E-state index in [9.17, 15) is 0 Å². The van der Waals surface area contributed by atoms with Crippen LogP contribution in [-0.2, 0) is 0 Å². The first kappa shape index (κ1) is 13.6. The monoisotopic (exact) mass is 245 g/mol. The molecule has 0 bridgehead atoms. The molecule has 1 aliphatic rings. The molecule has 1 aromatic carbocycles. The Morgan fingerprint density at radius 3 is 2.44 bits per heavy atom. The van der Waals surface area contributed by atoms with Crippen LogP contribution in [-0.4, -0.2) is 6.54 Å². The third kappa shape index (κ3) is 2.95. The summed E-state index contributed by atoms with van der Waals surface area (Å²) in [7, 11) is 0. The van der Waals surface area contributed by atoms with Gasteiger partial charge < -0.3 is 5.73 Å². The predicted octanol–water partition coefficient (Wildman–Crippen LogP) is 4.43. The Bertz CT molecular complexity index is 384. The summed E-state index contributed by atoms with van der Waals surface area (Å²) >= 11 is 0. The fourth-order valence-corrected chi connectivity index (χ4v) is 3.17. The van der Waals surface area contributed by atoms with Crippen LogP contribution in [0.3, 0.4) is 0 Å². The summed E-state index contributed by atoms with van der Waals surface area (Å²) in [5.74, 6) is 1.24. The molecule has 100 valence electrons. The quantitative estimate of drug-likeness (QED) is 0.837. The average molecular weight is 245 g/mol. The molecule has 1 aromatic rings. The Hall–Kier alpha value is -0.820. The van der Waals surface area contributed by atoms with Gasteiger partial charge in [0.25, 0.3) is 0 Å². The second-order valence-corrected chi connectivity index (χ2v) is 6.70. The zero-order valence-electron chi connectivity index (χ0n) is 12.1. The lowest BCUT2D eigenvalue weighted by atomic mass is 9.70. The average Bonchev–Trinajstić information content (AvgIpc) is 2.38. The van der Waals surface area contributed by atoms with E-state index in [2.05, 4.69) is 45.0 Å². The smallest absolute Gasteiger partial charge is 0.00108 e. The van der Waals surface area contributed by atoms with Gasteiger partial charge in [0, 0.05) is 0 Å². The maximum absolute atomic E-state index is 5.85. The molecule has 1 nitrogen and oxygen atoms in total. The van der Waals surface area contributed by atoms with Gasteiger partial charge in [-0.1, -0.05) is 45.0 Å². The van der Waals surface area contributed by atoms with Crippen LogP contribution in [0.15, 0.2) is 24.3 Å². The van der Waals surface area contributed by atoms with E-state index in [-0.39, 0.29) is 0 Å². The summed E-state index contributed by atoms with van der Waals surface area (Å²) in [5, 5.41) is 0. The lowest BCUT2D eigenvalue weighted by molar-refractivity contribution is 0.224. The molecular weight excluding hydrogens is 218 g/mol. The van der Waals surface area contributed by atoms with E-state index in [0.717, 1.165) is 12.5 Å². The van der Waals surface area contributed by atoms with Gasteiger partial charge >= 0.3 is 0 Å². The van der Waals surface area contributed by atoms with E-state index in [1.165, 1.54) is 31.2 Å². The van der Waals surface area contributed by atoms with Crippen molar-refractivity contribution in [3.05, 3.63) is 35.4 Å². The Morgan fingerprint density at radius 2 is 1.83 bits per heavy atom. The van der Waals surface area contributed by atoms with Gasteiger partial charge in [0.15, 0.2) is 0 Å². The minimum absolute atomic E-state index is 0.483. The topological polar surface area (TPSA) is 26.0 Å². The number of hydrogen-bond donors (Lipinski definition) is 1.